The summed E-state index contributed by atoms with van der Waals surface area (Å²) in [5, 5.41) is 2.99. The molecule has 3 aromatic rings. The minimum absolute atomic E-state index is 0.126. The van der Waals surface area contributed by atoms with Crippen LogP contribution in [0.3, 0.4) is 0 Å². The molecule has 1 fully saturated rings. The summed E-state index contributed by atoms with van der Waals surface area (Å²) in [6.07, 6.45) is 1.55. The molecule has 2 amide bonds. The molecule has 148 valence electrons. The van der Waals surface area contributed by atoms with Gasteiger partial charge in [0, 0.05) is 37.2 Å². The van der Waals surface area contributed by atoms with E-state index in [-0.39, 0.29) is 11.8 Å². The normalized spacial score (nSPS) is 13.7. The van der Waals surface area contributed by atoms with Crippen LogP contribution in [0, 0.1) is 6.92 Å². The van der Waals surface area contributed by atoms with Crippen LogP contribution < -0.4 is 5.32 Å². The molecule has 1 aliphatic rings. The summed E-state index contributed by atoms with van der Waals surface area (Å²) < 4.78 is 5.62. The molecule has 5 nitrogen and oxygen atoms in total. The SMILES string of the molecule is Cc1ccc(-c2ccc(C(=O)NCc3ccccc3CN3CCCC3=O)cc2)o1. The highest BCUT2D eigenvalue weighted by Gasteiger charge is 2.21. The molecule has 0 atom stereocenters. The van der Waals surface area contributed by atoms with Crippen molar-refractivity contribution in [3.05, 3.63) is 83.1 Å². The lowest BCUT2D eigenvalue weighted by atomic mass is 10.1. The summed E-state index contributed by atoms with van der Waals surface area (Å²) in [5.41, 5.74) is 3.65. The van der Waals surface area contributed by atoms with E-state index in [1.807, 2.05) is 60.4 Å². The summed E-state index contributed by atoms with van der Waals surface area (Å²) in [6, 6.07) is 19.2. The van der Waals surface area contributed by atoms with Gasteiger partial charge in [0.1, 0.15) is 11.5 Å². The van der Waals surface area contributed by atoms with Gasteiger partial charge in [0.05, 0.1) is 0 Å². The topological polar surface area (TPSA) is 62.6 Å². The molecule has 29 heavy (non-hydrogen) atoms. The lowest BCUT2D eigenvalue weighted by Crippen LogP contribution is -2.26. The molecule has 2 aromatic carbocycles. The van der Waals surface area contributed by atoms with Crippen LogP contribution in [0.2, 0.25) is 0 Å². The predicted octanol–water partition coefficient (Wildman–Crippen LogP) is 4.31. The fourth-order valence-electron chi connectivity index (χ4n) is 3.61. The molecule has 0 bridgehead atoms. The Morgan fingerprint density at radius 1 is 1.03 bits per heavy atom. The molecule has 1 N–H and O–H groups in total. The number of nitrogens with zero attached hydrogens (tertiary/aromatic N) is 1. The highest BCUT2D eigenvalue weighted by atomic mass is 16.3. The van der Waals surface area contributed by atoms with Gasteiger partial charge in [-0.05, 0) is 48.7 Å². The van der Waals surface area contributed by atoms with Gasteiger partial charge in [-0.2, -0.15) is 0 Å². The first-order chi connectivity index (χ1) is 14.1. The third-order valence-electron chi connectivity index (χ3n) is 5.26. The van der Waals surface area contributed by atoms with Crippen molar-refractivity contribution in [1.82, 2.24) is 10.2 Å². The Hall–Kier alpha value is -3.34. The van der Waals surface area contributed by atoms with Crippen molar-refractivity contribution in [2.45, 2.75) is 32.9 Å². The molecule has 1 aliphatic heterocycles. The minimum Gasteiger partial charge on any atom is -0.461 e. The Kier molecular flexibility index (Phi) is 5.47. The van der Waals surface area contributed by atoms with E-state index >= 15 is 0 Å². The van der Waals surface area contributed by atoms with Gasteiger partial charge in [-0.15, -0.1) is 0 Å². The second-order valence-electron chi connectivity index (χ2n) is 7.36. The van der Waals surface area contributed by atoms with Crippen LogP contribution >= 0.6 is 0 Å². The quantitative estimate of drug-likeness (QED) is 0.685. The van der Waals surface area contributed by atoms with E-state index in [0.717, 1.165) is 41.2 Å². The number of carbonyl (C=O) groups excluding carboxylic acids is 2. The average molecular weight is 388 g/mol. The van der Waals surface area contributed by atoms with Crippen molar-refractivity contribution >= 4 is 11.8 Å². The monoisotopic (exact) mass is 388 g/mol. The highest BCUT2D eigenvalue weighted by molar-refractivity contribution is 5.94. The van der Waals surface area contributed by atoms with Crippen LogP contribution in [0.4, 0.5) is 0 Å². The fourth-order valence-corrected chi connectivity index (χ4v) is 3.61. The molecule has 0 radical (unpaired) electrons. The van der Waals surface area contributed by atoms with Crippen LogP contribution in [0.1, 0.15) is 40.1 Å². The number of aryl methyl sites for hydroxylation is 1. The third kappa shape index (κ3) is 4.40. The molecule has 5 heteroatoms. The van der Waals surface area contributed by atoms with Crippen molar-refractivity contribution in [2.24, 2.45) is 0 Å². The van der Waals surface area contributed by atoms with Gasteiger partial charge in [-0.3, -0.25) is 9.59 Å². The van der Waals surface area contributed by atoms with Gasteiger partial charge < -0.3 is 14.6 Å². The van der Waals surface area contributed by atoms with E-state index in [0.29, 0.717) is 25.1 Å². The number of carbonyl (C=O) groups is 2. The molecule has 0 unspecified atom stereocenters. The van der Waals surface area contributed by atoms with Crippen LogP contribution in [0.15, 0.2) is 65.1 Å². The van der Waals surface area contributed by atoms with Gasteiger partial charge in [0.15, 0.2) is 0 Å². The Morgan fingerprint density at radius 3 is 2.45 bits per heavy atom. The van der Waals surface area contributed by atoms with Gasteiger partial charge in [-0.1, -0.05) is 36.4 Å². The van der Waals surface area contributed by atoms with Crippen molar-refractivity contribution in [2.75, 3.05) is 6.54 Å². The Balaban J connectivity index is 1.40. The Labute approximate surface area is 170 Å². The molecule has 1 aromatic heterocycles. The first-order valence-electron chi connectivity index (χ1n) is 9.90. The maximum Gasteiger partial charge on any atom is 0.251 e. The average Bonchev–Trinajstić information content (AvgIpc) is 3.35. The maximum absolute atomic E-state index is 12.6. The number of amides is 2. The Morgan fingerprint density at radius 2 is 1.79 bits per heavy atom. The zero-order valence-corrected chi connectivity index (χ0v) is 16.5. The molecule has 0 aliphatic carbocycles. The summed E-state index contributed by atoms with van der Waals surface area (Å²) in [7, 11) is 0. The Bertz CT molecular complexity index is 1020. The number of nitrogens with one attached hydrogen (secondary N) is 1. The second kappa shape index (κ2) is 8.35. The van der Waals surface area contributed by atoms with Crippen LogP contribution in [0.5, 0.6) is 0 Å². The lowest BCUT2D eigenvalue weighted by molar-refractivity contribution is -0.128. The number of rotatable bonds is 6. The van der Waals surface area contributed by atoms with Crippen molar-refractivity contribution in [3.63, 3.8) is 0 Å². The van der Waals surface area contributed by atoms with Gasteiger partial charge in [0.2, 0.25) is 5.91 Å². The number of hydrogen-bond donors (Lipinski definition) is 1. The van der Waals surface area contributed by atoms with Crippen molar-refractivity contribution in [3.8, 4) is 11.3 Å². The molecule has 2 heterocycles. The van der Waals surface area contributed by atoms with E-state index in [4.69, 9.17) is 4.42 Å². The molecule has 1 saturated heterocycles. The predicted molar refractivity (Wildman–Crippen MR) is 111 cm³/mol. The summed E-state index contributed by atoms with van der Waals surface area (Å²) in [4.78, 5) is 26.4. The van der Waals surface area contributed by atoms with Gasteiger partial charge in [-0.25, -0.2) is 0 Å². The molecule has 0 spiro atoms. The number of hydrogen-bond acceptors (Lipinski definition) is 3. The standard InChI is InChI=1S/C24H24N2O3/c1-17-8-13-22(29-17)18-9-11-19(12-10-18)24(28)25-15-20-5-2-3-6-21(20)16-26-14-4-7-23(26)27/h2-3,5-6,8-13H,4,7,14-16H2,1H3,(H,25,28). The largest absolute Gasteiger partial charge is 0.461 e. The maximum atomic E-state index is 12.6. The third-order valence-corrected chi connectivity index (χ3v) is 5.26. The van der Waals surface area contributed by atoms with Crippen LogP contribution in [-0.4, -0.2) is 23.3 Å². The van der Waals surface area contributed by atoms with Crippen molar-refractivity contribution < 1.29 is 14.0 Å². The zero-order chi connectivity index (χ0) is 20.2. The number of likely N-dealkylation sites (tertiary alicyclic amines) is 1. The summed E-state index contributed by atoms with van der Waals surface area (Å²) in [5.74, 6) is 1.73. The first kappa shape index (κ1) is 19.0. The lowest BCUT2D eigenvalue weighted by Gasteiger charge is -2.18. The summed E-state index contributed by atoms with van der Waals surface area (Å²) in [6.45, 7) is 3.74. The molecule has 0 saturated carbocycles. The van der Waals surface area contributed by atoms with E-state index in [1.54, 1.807) is 12.1 Å². The van der Waals surface area contributed by atoms with E-state index < -0.39 is 0 Å². The highest BCUT2D eigenvalue weighted by Crippen LogP contribution is 2.22. The van der Waals surface area contributed by atoms with E-state index in [2.05, 4.69) is 5.32 Å². The minimum atomic E-state index is -0.126. The molecular formula is C24H24N2O3. The summed E-state index contributed by atoms with van der Waals surface area (Å²) >= 11 is 0. The van der Waals surface area contributed by atoms with E-state index in [1.165, 1.54) is 0 Å². The number of furan rings is 1. The fraction of sp³-hybridized carbons (Fsp3) is 0.250. The van der Waals surface area contributed by atoms with Crippen LogP contribution in [0.25, 0.3) is 11.3 Å². The van der Waals surface area contributed by atoms with E-state index in [9.17, 15) is 9.59 Å². The first-order valence-corrected chi connectivity index (χ1v) is 9.90. The molecular weight excluding hydrogens is 364 g/mol. The number of benzene rings is 2. The molecule has 4 rings (SSSR count). The van der Waals surface area contributed by atoms with Crippen molar-refractivity contribution in [1.29, 1.82) is 0 Å². The zero-order valence-electron chi connectivity index (χ0n) is 16.5. The van der Waals surface area contributed by atoms with Crippen LogP contribution in [-0.2, 0) is 17.9 Å². The second-order valence-corrected chi connectivity index (χ2v) is 7.36. The van der Waals surface area contributed by atoms with Gasteiger partial charge in [0.25, 0.3) is 5.91 Å². The van der Waals surface area contributed by atoms with Gasteiger partial charge >= 0.3 is 0 Å². The smallest absolute Gasteiger partial charge is 0.251 e.